The average Bonchev–Trinajstić information content (AvgIpc) is 2.59. The maximum absolute atomic E-state index is 14.0. The van der Waals surface area contributed by atoms with Crippen molar-refractivity contribution in [2.24, 2.45) is 11.8 Å². The summed E-state index contributed by atoms with van der Waals surface area (Å²) in [6.07, 6.45) is 11.3. The summed E-state index contributed by atoms with van der Waals surface area (Å²) in [7, 11) is 0. The van der Waals surface area contributed by atoms with E-state index in [2.05, 4.69) is 13.0 Å². The first-order valence-electron chi connectivity index (χ1n) is 9.38. The van der Waals surface area contributed by atoms with E-state index in [0.29, 0.717) is 18.8 Å². The van der Waals surface area contributed by atoms with Gasteiger partial charge in [0.1, 0.15) is 11.6 Å². The van der Waals surface area contributed by atoms with E-state index in [1.54, 1.807) is 0 Å². The molecule has 1 aromatic carbocycles. The van der Waals surface area contributed by atoms with Crippen LogP contribution in [0.15, 0.2) is 29.8 Å². The topological polar surface area (TPSA) is 20.2 Å². The summed E-state index contributed by atoms with van der Waals surface area (Å²) < 4.78 is 27.5. The van der Waals surface area contributed by atoms with Gasteiger partial charge in [0.25, 0.3) is 0 Å². The van der Waals surface area contributed by atoms with Crippen molar-refractivity contribution in [2.45, 2.75) is 70.3 Å². The van der Waals surface area contributed by atoms with Gasteiger partial charge in [-0.25, -0.2) is 8.78 Å². The molecule has 0 bridgehead atoms. The zero-order chi connectivity index (χ0) is 17.2. The monoisotopic (exact) mass is 334 g/mol. The maximum atomic E-state index is 14.0. The van der Waals surface area contributed by atoms with Crippen LogP contribution in [0.5, 0.6) is 0 Å². The van der Waals surface area contributed by atoms with Gasteiger partial charge < -0.3 is 5.11 Å². The molecular weight excluding hydrogens is 306 g/mol. The lowest BCUT2D eigenvalue weighted by Gasteiger charge is -2.38. The molecule has 132 valence electrons. The van der Waals surface area contributed by atoms with Gasteiger partial charge in [0.15, 0.2) is 0 Å². The van der Waals surface area contributed by atoms with Crippen LogP contribution >= 0.6 is 0 Å². The standard InChI is InChI=1S/C21H28F2O/c1-2-3-15-4-6-16(7-5-15)17-10-12-21(24,13-11-17)19-14-18(22)8-9-20(19)23/h6,8-9,14-15,17,24H,2-5,7,10-13H2,1H3. The van der Waals surface area contributed by atoms with E-state index in [-0.39, 0.29) is 5.56 Å². The van der Waals surface area contributed by atoms with Crippen LogP contribution in [0.3, 0.4) is 0 Å². The van der Waals surface area contributed by atoms with E-state index in [1.165, 1.54) is 37.7 Å². The van der Waals surface area contributed by atoms with Crippen molar-refractivity contribution < 1.29 is 13.9 Å². The zero-order valence-corrected chi connectivity index (χ0v) is 14.5. The highest BCUT2D eigenvalue weighted by atomic mass is 19.1. The van der Waals surface area contributed by atoms with Gasteiger partial charge >= 0.3 is 0 Å². The zero-order valence-electron chi connectivity index (χ0n) is 14.5. The minimum Gasteiger partial charge on any atom is -0.385 e. The van der Waals surface area contributed by atoms with Crippen LogP contribution in [0.4, 0.5) is 8.78 Å². The van der Waals surface area contributed by atoms with Crippen molar-refractivity contribution in [3.63, 3.8) is 0 Å². The van der Waals surface area contributed by atoms with E-state index in [4.69, 9.17) is 0 Å². The minimum absolute atomic E-state index is 0.126. The predicted octanol–water partition coefficient (Wildman–Crippen LogP) is 5.87. The molecule has 1 saturated carbocycles. The van der Waals surface area contributed by atoms with E-state index < -0.39 is 17.2 Å². The van der Waals surface area contributed by atoms with E-state index in [1.807, 2.05) is 0 Å². The SMILES string of the molecule is CCCC1CC=C(C2CCC(O)(c3cc(F)ccc3F)CC2)CC1. The van der Waals surface area contributed by atoms with Crippen molar-refractivity contribution in [3.05, 3.63) is 47.0 Å². The lowest BCUT2D eigenvalue weighted by atomic mass is 9.70. The fourth-order valence-corrected chi connectivity index (χ4v) is 4.54. The van der Waals surface area contributed by atoms with Gasteiger partial charge in [-0.3, -0.25) is 0 Å². The Kier molecular flexibility index (Phi) is 5.39. The second-order valence-corrected chi connectivity index (χ2v) is 7.64. The summed E-state index contributed by atoms with van der Waals surface area (Å²) in [4.78, 5) is 0. The van der Waals surface area contributed by atoms with Crippen molar-refractivity contribution in [2.75, 3.05) is 0 Å². The summed E-state index contributed by atoms with van der Waals surface area (Å²) in [6.45, 7) is 2.24. The van der Waals surface area contributed by atoms with Gasteiger partial charge in [0.2, 0.25) is 0 Å². The lowest BCUT2D eigenvalue weighted by molar-refractivity contribution is -0.0138. The summed E-state index contributed by atoms with van der Waals surface area (Å²) >= 11 is 0. The normalized spacial score (nSPS) is 30.9. The Bertz CT molecular complexity index is 600. The maximum Gasteiger partial charge on any atom is 0.129 e. The third kappa shape index (κ3) is 3.72. The molecule has 1 fully saturated rings. The Balaban J connectivity index is 1.64. The molecule has 0 amide bonds. The van der Waals surface area contributed by atoms with Gasteiger partial charge in [0, 0.05) is 5.56 Å². The second-order valence-electron chi connectivity index (χ2n) is 7.64. The highest BCUT2D eigenvalue weighted by Gasteiger charge is 2.38. The smallest absolute Gasteiger partial charge is 0.129 e. The number of allylic oxidation sites excluding steroid dienone is 2. The van der Waals surface area contributed by atoms with E-state index in [0.717, 1.165) is 37.0 Å². The molecule has 1 N–H and O–H groups in total. The first-order chi connectivity index (χ1) is 11.5. The molecule has 1 atom stereocenters. The highest BCUT2D eigenvalue weighted by Crippen LogP contribution is 2.44. The molecule has 1 aromatic rings. The fourth-order valence-electron chi connectivity index (χ4n) is 4.54. The van der Waals surface area contributed by atoms with Crippen LogP contribution in [0.1, 0.15) is 70.3 Å². The lowest BCUT2D eigenvalue weighted by Crippen LogP contribution is -2.33. The van der Waals surface area contributed by atoms with Crippen LogP contribution in [-0.2, 0) is 5.60 Å². The fraction of sp³-hybridized carbons (Fsp3) is 0.619. The first kappa shape index (κ1) is 17.6. The largest absolute Gasteiger partial charge is 0.385 e. The molecule has 2 aliphatic carbocycles. The number of benzene rings is 1. The Morgan fingerprint density at radius 3 is 2.54 bits per heavy atom. The number of hydrogen-bond acceptors (Lipinski definition) is 1. The molecule has 3 heteroatoms. The molecule has 2 aliphatic rings. The number of halogens is 2. The third-order valence-electron chi connectivity index (χ3n) is 6.02. The molecule has 0 aliphatic heterocycles. The van der Waals surface area contributed by atoms with Crippen LogP contribution < -0.4 is 0 Å². The van der Waals surface area contributed by atoms with Crippen LogP contribution in [0.25, 0.3) is 0 Å². The molecule has 1 nitrogen and oxygen atoms in total. The number of aliphatic hydroxyl groups is 1. The third-order valence-corrected chi connectivity index (χ3v) is 6.02. The minimum atomic E-state index is -1.22. The summed E-state index contributed by atoms with van der Waals surface area (Å²) in [5.74, 6) is 0.348. The van der Waals surface area contributed by atoms with Crippen LogP contribution in [-0.4, -0.2) is 5.11 Å². The molecule has 0 aromatic heterocycles. The molecule has 1 unspecified atom stereocenters. The van der Waals surface area contributed by atoms with Crippen molar-refractivity contribution in [1.82, 2.24) is 0 Å². The highest BCUT2D eigenvalue weighted by molar-refractivity contribution is 5.26. The molecule has 3 rings (SSSR count). The van der Waals surface area contributed by atoms with Crippen LogP contribution in [0, 0.1) is 23.5 Å². The summed E-state index contributed by atoms with van der Waals surface area (Å²) in [5, 5.41) is 10.8. The molecule has 24 heavy (non-hydrogen) atoms. The van der Waals surface area contributed by atoms with Crippen molar-refractivity contribution in [3.8, 4) is 0 Å². The van der Waals surface area contributed by atoms with Gasteiger partial charge in [-0.15, -0.1) is 0 Å². The van der Waals surface area contributed by atoms with Gasteiger partial charge in [0.05, 0.1) is 5.60 Å². The van der Waals surface area contributed by atoms with Crippen molar-refractivity contribution in [1.29, 1.82) is 0 Å². The first-order valence-corrected chi connectivity index (χ1v) is 9.38. The Hall–Kier alpha value is -1.22. The van der Waals surface area contributed by atoms with Gasteiger partial charge in [-0.1, -0.05) is 31.4 Å². The summed E-state index contributed by atoms with van der Waals surface area (Å²) in [6, 6.07) is 3.38. The van der Waals surface area contributed by atoms with E-state index in [9.17, 15) is 13.9 Å². The van der Waals surface area contributed by atoms with Crippen LogP contribution in [0.2, 0.25) is 0 Å². The summed E-state index contributed by atoms with van der Waals surface area (Å²) in [5.41, 5.74) is 0.438. The van der Waals surface area contributed by atoms with Crippen molar-refractivity contribution >= 4 is 0 Å². The Morgan fingerprint density at radius 1 is 1.17 bits per heavy atom. The number of rotatable bonds is 4. The van der Waals surface area contributed by atoms with E-state index >= 15 is 0 Å². The Morgan fingerprint density at radius 2 is 1.92 bits per heavy atom. The Labute approximate surface area is 143 Å². The molecule has 0 radical (unpaired) electrons. The average molecular weight is 334 g/mol. The quantitative estimate of drug-likeness (QED) is 0.683. The molecule has 0 spiro atoms. The predicted molar refractivity (Wildman–Crippen MR) is 92.5 cm³/mol. The van der Waals surface area contributed by atoms with Gasteiger partial charge in [-0.05, 0) is 75.0 Å². The molecular formula is C21H28F2O. The van der Waals surface area contributed by atoms with Gasteiger partial charge in [-0.2, -0.15) is 0 Å². The molecule has 0 heterocycles. The number of hydrogen-bond donors (Lipinski definition) is 1. The molecule has 0 saturated heterocycles. The second kappa shape index (κ2) is 7.35.